The van der Waals surface area contributed by atoms with Gasteiger partial charge in [-0.3, -0.25) is 4.79 Å². The van der Waals surface area contributed by atoms with Crippen molar-refractivity contribution in [1.29, 1.82) is 0 Å². The second-order valence-corrected chi connectivity index (χ2v) is 9.81. The third-order valence-electron chi connectivity index (χ3n) is 5.33. The van der Waals surface area contributed by atoms with Gasteiger partial charge in [-0.1, -0.05) is 63.5 Å². The monoisotopic (exact) mass is 753 g/mol. The Morgan fingerprint density at radius 3 is 2.46 bits per heavy atom. The van der Waals surface area contributed by atoms with Crippen LogP contribution >= 0.6 is 11.3 Å². The van der Waals surface area contributed by atoms with E-state index in [2.05, 4.69) is 53.7 Å². The number of aliphatic hydroxyl groups is 1. The van der Waals surface area contributed by atoms with E-state index in [-0.39, 0.29) is 49.5 Å². The minimum atomic E-state index is -0.375. The molecule has 1 unspecified atom stereocenters. The third kappa shape index (κ3) is 11.4. The van der Waals surface area contributed by atoms with E-state index in [1.165, 1.54) is 16.9 Å². The van der Waals surface area contributed by atoms with Crippen LogP contribution in [0.2, 0.25) is 0 Å². The average molecular weight is 754 g/mol. The van der Waals surface area contributed by atoms with Crippen molar-refractivity contribution in [2.24, 2.45) is 0 Å². The van der Waals surface area contributed by atoms with Crippen molar-refractivity contribution in [3.63, 3.8) is 0 Å². The number of rotatable bonds is 7. The molecule has 3 aromatic rings. The predicted molar refractivity (Wildman–Crippen MR) is 144 cm³/mol. The number of thiazole rings is 1. The SMILES string of the molecule is CC(C)c1cc(CC(=O)N2CCC(O)C2)on1.CCC.C[N-]OCc1ccc(-c2scnc2C)cc1.[U]. The second kappa shape index (κ2) is 17.9. The molecule has 2 aromatic heterocycles. The van der Waals surface area contributed by atoms with E-state index in [1.54, 1.807) is 23.3 Å². The average Bonchev–Trinajstić information content (AvgIpc) is 3.60. The minimum Gasteiger partial charge on any atom is -0.537 e. The molecule has 4 rings (SSSR count). The Kier molecular flexibility index (Phi) is 16.2. The molecular formula is C27H39N4O4SU-. The number of carbonyl (C=O) groups is 1. The molecular weight excluding hydrogens is 714 g/mol. The summed E-state index contributed by atoms with van der Waals surface area (Å²) >= 11 is 1.67. The Labute approximate surface area is 248 Å². The number of hydrogen-bond acceptors (Lipinski definition) is 7. The van der Waals surface area contributed by atoms with E-state index in [0.29, 0.717) is 37.8 Å². The number of hydrogen-bond donors (Lipinski definition) is 1. The number of benzene rings is 1. The summed E-state index contributed by atoms with van der Waals surface area (Å²) in [6.07, 6.45) is 1.77. The molecule has 0 radical (unpaired) electrons. The van der Waals surface area contributed by atoms with Gasteiger partial charge in [-0.15, -0.1) is 18.4 Å². The summed E-state index contributed by atoms with van der Waals surface area (Å²) in [5.74, 6) is 0.893. The number of hydroxylamine groups is 1. The van der Waals surface area contributed by atoms with Crippen LogP contribution in [-0.2, 0) is 22.7 Å². The number of aryl methyl sites for hydroxylation is 1. The van der Waals surface area contributed by atoms with Crippen molar-refractivity contribution >= 4 is 17.2 Å². The van der Waals surface area contributed by atoms with Crippen molar-refractivity contribution in [3.8, 4) is 10.4 Å². The molecule has 3 heterocycles. The van der Waals surface area contributed by atoms with Crippen LogP contribution < -0.4 is 0 Å². The van der Waals surface area contributed by atoms with Crippen LogP contribution in [-0.4, -0.2) is 52.3 Å². The Bertz CT molecular complexity index is 1040. The first-order valence-corrected chi connectivity index (χ1v) is 13.3. The fourth-order valence-corrected chi connectivity index (χ4v) is 4.20. The van der Waals surface area contributed by atoms with E-state index < -0.39 is 0 Å². The summed E-state index contributed by atoms with van der Waals surface area (Å²) in [4.78, 5) is 24.0. The normalized spacial score (nSPS) is 14.4. The topological polar surface area (TPSA) is 103 Å². The van der Waals surface area contributed by atoms with E-state index in [0.717, 1.165) is 17.0 Å². The number of likely N-dealkylation sites (tertiary alicyclic amines) is 1. The Hall–Kier alpha value is -1.54. The van der Waals surface area contributed by atoms with Crippen LogP contribution in [0.3, 0.4) is 0 Å². The van der Waals surface area contributed by atoms with Gasteiger partial charge in [0.05, 0.1) is 40.9 Å². The maximum atomic E-state index is 11.9. The first-order chi connectivity index (χ1) is 17.3. The van der Waals surface area contributed by atoms with Gasteiger partial charge in [0.25, 0.3) is 0 Å². The van der Waals surface area contributed by atoms with Crippen molar-refractivity contribution in [1.82, 2.24) is 15.0 Å². The molecule has 0 bridgehead atoms. The van der Waals surface area contributed by atoms with Crippen molar-refractivity contribution < 1.29 is 50.4 Å². The maximum Gasteiger partial charge on any atom is 0.230 e. The Morgan fingerprint density at radius 2 is 1.97 bits per heavy atom. The van der Waals surface area contributed by atoms with Crippen molar-refractivity contribution in [2.45, 2.75) is 72.5 Å². The molecule has 1 aromatic carbocycles. The molecule has 0 aliphatic carbocycles. The fourth-order valence-electron chi connectivity index (χ4n) is 3.38. The van der Waals surface area contributed by atoms with Gasteiger partial charge in [-0.2, -0.15) is 0 Å². The Balaban J connectivity index is 0.000000327. The van der Waals surface area contributed by atoms with Gasteiger partial charge < -0.3 is 24.8 Å². The van der Waals surface area contributed by atoms with E-state index in [4.69, 9.17) is 9.36 Å². The summed E-state index contributed by atoms with van der Waals surface area (Å²) < 4.78 is 5.12. The van der Waals surface area contributed by atoms with Gasteiger partial charge in [0.1, 0.15) is 5.76 Å². The van der Waals surface area contributed by atoms with Crippen LogP contribution in [0.4, 0.5) is 0 Å². The van der Waals surface area contributed by atoms with Crippen LogP contribution in [0.1, 0.15) is 69.2 Å². The molecule has 8 nitrogen and oxygen atoms in total. The van der Waals surface area contributed by atoms with Gasteiger partial charge in [-0.05, 0) is 30.4 Å². The zero-order valence-corrected chi connectivity index (χ0v) is 27.7. The first-order valence-electron chi connectivity index (χ1n) is 12.4. The third-order valence-corrected chi connectivity index (χ3v) is 6.31. The van der Waals surface area contributed by atoms with E-state index in [9.17, 15) is 9.90 Å². The molecule has 1 fully saturated rings. The number of nitrogens with zero attached hydrogens (tertiary/aromatic N) is 4. The Morgan fingerprint density at radius 1 is 1.30 bits per heavy atom. The molecule has 1 saturated heterocycles. The van der Waals surface area contributed by atoms with Crippen LogP contribution in [0.25, 0.3) is 15.9 Å². The first kappa shape index (κ1) is 33.5. The molecule has 1 N–H and O–H groups in total. The molecule has 0 spiro atoms. The van der Waals surface area contributed by atoms with Gasteiger partial charge >= 0.3 is 0 Å². The van der Waals surface area contributed by atoms with Crippen LogP contribution in [0.5, 0.6) is 0 Å². The predicted octanol–water partition coefficient (Wildman–Crippen LogP) is 5.90. The van der Waals surface area contributed by atoms with E-state index in [1.807, 2.05) is 32.3 Å². The van der Waals surface area contributed by atoms with Gasteiger partial charge in [-0.25, -0.2) is 4.98 Å². The summed E-state index contributed by atoms with van der Waals surface area (Å²) in [6, 6.07) is 10.1. The number of carbonyl (C=O) groups excluding carboxylic acids is 1. The number of aromatic nitrogens is 2. The molecule has 1 amide bonds. The maximum absolute atomic E-state index is 11.9. The quantitative estimate of drug-likeness (QED) is 0.302. The smallest absolute Gasteiger partial charge is 0.230 e. The van der Waals surface area contributed by atoms with Gasteiger partial charge in [0.15, 0.2) is 0 Å². The molecule has 10 heteroatoms. The van der Waals surface area contributed by atoms with Gasteiger partial charge in [0, 0.05) is 50.3 Å². The van der Waals surface area contributed by atoms with E-state index >= 15 is 0 Å². The summed E-state index contributed by atoms with van der Waals surface area (Å²) in [5.41, 5.74) is 9.76. The minimum absolute atomic E-state index is 0. The molecule has 0 saturated carbocycles. The van der Waals surface area contributed by atoms with Crippen LogP contribution in [0, 0.1) is 38.0 Å². The fraction of sp³-hybridized carbons (Fsp3) is 0.519. The molecule has 37 heavy (non-hydrogen) atoms. The summed E-state index contributed by atoms with van der Waals surface area (Å²) in [5, 5.41) is 13.3. The standard InChI is InChI=1S/C12H18N2O3.C12H13N2OS.C3H8.U/c1-8(2)11-5-10(17-13-11)6-12(16)14-4-3-9(15)7-14;1-9-12(16-8-14-9)11-5-3-10(4-6-11)7-15-13-2;1-3-2;/h5,8-9,15H,3-4,6-7H2,1-2H3;3-6,8H,7H2,1-2H3;3H2,1-2H3;/q;-1;;. The molecule has 1 aliphatic heterocycles. The summed E-state index contributed by atoms with van der Waals surface area (Å²) in [7, 11) is 1.63. The largest absolute Gasteiger partial charge is 0.537 e. The number of β-amino-alcohol motifs (C(OH)–C–C–N with tert-alkyl or cyclic N) is 1. The molecule has 1 aliphatic rings. The summed E-state index contributed by atoms with van der Waals surface area (Å²) in [6.45, 7) is 11.9. The number of amides is 1. The van der Waals surface area contributed by atoms with Crippen molar-refractivity contribution in [3.05, 3.63) is 64.0 Å². The molecule has 1 atom stereocenters. The second-order valence-electron chi connectivity index (χ2n) is 8.96. The van der Waals surface area contributed by atoms with Crippen LogP contribution in [0.15, 0.2) is 40.4 Å². The van der Waals surface area contributed by atoms with Gasteiger partial charge in [0.2, 0.25) is 5.91 Å². The van der Waals surface area contributed by atoms with Crippen molar-refractivity contribution in [2.75, 3.05) is 20.1 Å². The molecule has 202 valence electrons. The zero-order chi connectivity index (χ0) is 26.5. The zero-order valence-electron chi connectivity index (χ0n) is 22.7. The number of aliphatic hydroxyl groups excluding tert-OH is 1.